The smallest absolute Gasteiger partial charge is 0.468 e. The Labute approximate surface area is 108 Å². The summed E-state index contributed by atoms with van der Waals surface area (Å²) in [6.45, 7) is 2.27. The van der Waals surface area contributed by atoms with E-state index in [0.717, 1.165) is 13.2 Å². The number of carbonyl (C=O) groups excluding carboxylic acids is 2. The molecule has 2 N–H and O–H groups in total. The molecule has 0 bridgehead atoms. The molecule has 0 aliphatic carbocycles. The van der Waals surface area contributed by atoms with E-state index in [9.17, 15) is 22.8 Å². The Hall–Kier alpha value is -1.28. The van der Waals surface area contributed by atoms with Crippen molar-refractivity contribution in [2.45, 2.75) is 12.2 Å². The third-order valence-electron chi connectivity index (χ3n) is 1.80. The van der Waals surface area contributed by atoms with E-state index >= 15 is 0 Å². The van der Waals surface area contributed by atoms with Crippen molar-refractivity contribution in [3.05, 3.63) is 12.7 Å². The molecule has 5 nitrogen and oxygen atoms in total. The number of halogens is 4. The zero-order valence-corrected chi connectivity index (χ0v) is 10.4. The number of ether oxygens (including phenoxy) is 1. The van der Waals surface area contributed by atoms with Gasteiger partial charge < -0.3 is 15.4 Å². The molecule has 0 rings (SSSR count). The molecule has 0 spiro atoms. The maximum Gasteiger partial charge on any atom is 0.471 e. The van der Waals surface area contributed by atoms with Crippen LogP contribution in [-0.4, -0.2) is 49.2 Å². The number of hydrogen-bond acceptors (Lipinski definition) is 4. The summed E-state index contributed by atoms with van der Waals surface area (Å²) in [6.07, 6.45) is -3.91. The summed E-state index contributed by atoms with van der Waals surface area (Å²) >= 11 is 0. The van der Waals surface area contributed by atoms with Gasteiger partial charge in [-0.2, -0.15) is 13.2 Å². The van der Waals surface area contributed by atoms with Gasteiger partial charge >= 0.3 is 18.1 Å². The summed E-state index contributed by atoms with van der Waals surface area (Å²) in [5.41, 5.74) is 5.27. The molecular weight excluding hydrogens is 277 g/mol. The van der Waals surface area contributed by atoms with Crippen molar-refractivity contribution in [2.24, 2.45) is 5.73 Å². The fourth-order valence-corrected chi connectivity index (χ4v) is 1.04. The maximum atomic E-state index is 12.2. The van der Waals surface area contributed by atoms with Crippen LogP contribution in [0.4, 0.5) is 13.2 Å². The van der Waals surface area contributed by atoms with Gasteiger partial charge in [-0.25, -0.2) is 0 Å². The molecule has 0 unspecified atom stereocenters. The van der Waals surface area contributed by atoms with E-state index in [1.807, 2.05) is 0 Å². The largest absolute Gasteiger partial charge is 0.471 e. The highest BCUT2D eigenvalue weighted by Crippen LogP contribution is 2.18. The molecule has 0 aromatic heterocycles. The molecule has 1 amide bonds. The second kappa shape index (κ2) is 7.93. The number of nitrogens with two attached hydrogens (primary N) is 1. The van der Waals surface area contributed by atoms with E-state index in [0.29, 0.717) is 4.90 Å². The van der Waals surface area contributed by atoms with Gasteiger partial charge in [0, 0.05) is 13.1 Å². The van der Waals surface area contributed by atoms with Crippen LogP contribution in [0.3, 0.4) is 0 Å². The molecule has 1 atom stereocenters. The number of carbonyl (C=O) groups is 2. The second-order valence-electron chi connectivity index (χ2n) is 3.13. The highest BCUT2D eigenvalue weighted by molar-refractivity contribution is 5.85. The van der Waals surface area contributed by atoms with Crippen molar-refractivity contribution in [3.8, 4) is 0 Å². The predicted molar refractivity (Wildman–Crippen MR) is 60.1 cm³/mol. The molecular formula is C9H14ClF3N2O3. The Bertz CT molecular complexity index is 310. The van der Waals surface area contributed by atoms with Gasteiger partial charge in [0.05, 0.1) is 7.11 Å². The molecule has 0 radical (unpaired) electrons. The highest BCUT2D eigenvalue weighted by atomic mass is 35.5. The predicted octanol–water partition coefficient (Wildman–Crippen LogP) is 0.485. The molecule has 0 saturated carbocycles. The minimum atomic E-state index is -5.02. The van der Waals surface area contributed by atoms with Gasteiger partial charge in [-0.05, 0) is 0 Å². The normalized spacial score (nSPS) is 12.1. The zero-order chi connectivity index (χ0) is 13.6. The Kier molecular flexibility index (Phi) is 8.41. The van der Waals surface area contributed by atoms with E-state index in [1.165, 1.54) is 0 Å². The molecule has 0 aromatic carbocycles. The van der Waals surface area contributed by atoms with Gasteiger partial charge in [0.15, 0.2) is 0 Å². The first-order chi connectivity index (χ1) is 7.73. The van der Waals surface area contributed by atoms with Crippen LogP contribution in [0.15, 0.2) is 12.7 Å². The van der Waals surface area contributed by atoms with Crippen LogP contribution in [0.1, 0.15) is 0 Å². The lowest BCUT2D eigenvalue weighted by Crippen LogP contribution is -2.49. The summed E-state index contributed by atoms with van der Waals surface area (Å²) in [5.74, 6) is -2.97. The SMILES string of the molecule is C=CCN(C[C@H](N)C(=O)OC)C(=O)C(F)(F)F.Cl. The van der Waals surface area contributed by atoms with Gasteiger partial charge in [0.25, 0.3) is 0 Å². The van der Waals surface area contributed by atoms with Crippen LogP contribution < -0.4 is 5.73 Å². The molecule has 0 aliphatic heterocycles. The number of nitrogens with zero attached hydrogens (tertiary/aromatic N) is 1. The van der Waals surface area contributed by atoms with E-state index in [1.54, 1.807) is 0 Å². The summed E-state index contributed by atoms with van der Waals surface area (Å²) < 4.78 is 40.8. The number of amides is 1. The van der Waals surface area contributed by atoms with E-state index in [2.05, 4.69) is 11.3 Å². The first-order valence-corrected chi connectivity index (χ1v) is 4.54. The highest BCUT2D eigenvalue weighted by Gasteiger charge is 2.42. The van der Waals surface area contributed by atoms with E-state index in [4.69, 9.17) is 5.73 Å². The Morgan fingerprint density at radius 3 is 2.33 bits per heavy atom. The topological polar surface area (TPSA) is 72.6 Å². The molecule has 0 fully saturated rings. The van der Waals surface area contributed by atoms with Crippen LogP contribution >= 0.6 is 12.4 Å². The molecule has 106 valence electrons. The monoisotopic (exact) mass is 290 g/mol. The van der Waals surface area contributed by atoms with Crippen LogP contribution in [-0.2, 0) is 14.3 Å². The number of alkyl halides is 3. The first kappa shape index (κ1) is 19.1. The van der Waals surface area contributed by atoms with Crippen LogP contribution in [0, 0.1) is 0 Å². The number of esters is 1. The van der Waals surface area contributed by atoms with Crippen LogP contribution in [0.25, 0.3) is 0 Å². The maximum absolute atomic E-state index is 12.2. The third-order valence-corrected chi connectivity index (χ3v) is 1.80. The minimum Gasteiger partial charge on any atom is -0.468 e. The van der Waals surface area contributed by atoms with Gasteiger partial charge in [-0.3, -0.25) is 9.59 Å². The molecule has 0 saturated heterocycles. The summed E-state index contributed by atoms with van der Waals surface area (Å²) in [5, 5.41) is 0. The lowest BCUT2D eigenvalue weighted by Gasteiger charge is -2.24. The fraction of sp³-hybridized carbons (Fsp3) is 0.556. The van der Waals surface area contributed by atoms with Crippen molar-refractivity contribution in [2.75, 3.05) is 20.2 Å². The Morgan fingerprint density at radius 2 is 2.00 bits per heavy atom. The van der Waals surface area contributed by atoms with E-state index in [-0.39, 0.29) is 19.0 Å². The number of rotatable bonds is 5. The molecule has 0 aliphatic rings. The van der Waals surface area contributed by atoms with Gasteiger partial charge in [-0.15, -0.1) is 19.0 Å². The second-order valence-corrected chi connectivity index (χ2v) is 3.13. The summed E-state index contributed by atoms with van der Waals surface area (Å²) in [7, 11) is 1.05. The van der Waals surface area contributed by atoms with Gasteiger partial charge in [-0.1, -0.05) is 6.08 Å². The van der Waals surface area contributed by atoms with Crippen molar-refractivity contribution in [1.82, 2.24) is 4.90 Å². The number of hydrogen-bond donors (Lipinski definition) is 1. The Balaban J connectivity index is 0. The van der Waals surface area contributed by atoms with E-state index < -0.39 is 30.6 Å². The molecule has 0 aromatic rings. The Morgan fingerprint density at radius 1 is 1.50 bits per heavy atom. The minimum absolute atomic E-state index is 0. The zero-order valence-electron chi connectivity index (χ0n) is 9.57. The fourth-order valence-electron chi connectivity index (χ4n) is 1.04. The van der Waals surface area contributed by atoms with Crippen LogP contribution in [0.2, 0.25) is 0 Å². The van der Waals surface area contributed by atoms with Crippen molar-refractivity contribution >= 4 is 24.3 Å². The van der Waals surface area contributed by atoms with Crippen molar-refractivity contribution in [1.29, 1.82) is 0 Å². The van der Waals surface area contributed by atoms with Crippen molar-refractivity contribution < 1.29 is 27.5 Å². The quantitative estimate of drug-likeness (QED) is 0.591. The average molecular weight is 291 g/mol. The molecule has 0 heterocycles. The van der Waals surface area contributed by atoms with Crippen LogP contribution in [0.5, 0.6) is 0 Å². The molecule has 9 heteroatoms. The third kappa shape index (κ3) is 5.87. The average Bonchev–Trinajstić information content (AvgIpc) is 2.24. The van der Waals surface area contributed by atoms with Gasteiger partial charge in [0.2, 0.25) is 0 Å². The lowest BCUT2D eigenvalue weighted by molar-refractivity contribution is -0.185. The number of methoxy groups -OCH3 is 1. The van der Waals surface area contributed by atoms with Gasteiger partial charge in [0.1, 0.15) is 6.04 Å². The molecule has 18 heavy (non-hydrogen) atoms. The summed E-state index contributed by atoms with van der Waals surface area (Å²) in [4.78, 5) is 22.3. The lowest BCUT2D eigenvalue weighted by atomic mass is 10.2. The van der Waals surface area contributed by atoms with Crippen molar-refractivity contribution in [3.63, 3.8) is 0 Å². The first-order valence-electron chi connectivity index (χ1n) is 4.54. The summed E-state index contributed by atoms with van der Waals surface area (Å²) in [6, 6.07) is -1.33. The standard InChI is InChI=1S/C9H13F3N2O3.ClH/c1-3-4-14(8(16)9(10,11)12)5-6(13)7(15)17-2;/h3,6H,1,4-5,13H2,2H3;1H/t6-;/m0./s1.